The molecule has 0 amide bonds. The summed E-state index contributed by atoms with van der Waals surface area (Å²) < 4.78 is 0. The van der Waals surface area contributed by atoms with Gasteiger partial charge in [-0.25, -0.2) is 0 Å². The summed E-state index contributed by atoms with van der Waals surface area (Å²) >= 11 is 0. The van der Waals surface area contributed by atoms with Crippen molar-refractivity contribution in [3.8, 4) is 0 Å². The molecule has 1 saturated heterocycles. The highest BCUT2D eigenvalue weighted by molar-refractivity contribution is 5.06. The maximum atomic E-state index is 4.07. The molecule has 0 unspecified atom stereocenters. The average Bonchev–Trinajstić information content (AvgIpc) is 1.57. The molecule has 58 valence electrons. The van der Waals surface area contributed by atoms with Crippen LogP contribution in [0.4, 0.5) is 0 Å². The first-order valence-corrected chi connectivity index (χ1v) is 3.96. The topological polar surface area (TPSA) is 3.24 Å². The molecule has 1 aliphatic rings. The van der Waals surface area contributed by atoms with Gasteiger partial charge in [-0.1, -0.05) is 27.4 Å². The van der Waals surface area contributed by atoms with Crippen LogP contribution in [0, 0.1) is 5.41 Å². The third-order valence-corrected chi connectivity index (χ3v) is 2.10. The van der Waals surface area contributed by atoms with Gasteiger partial charge in [0.2, 0.25) is 0 Å². The Morgan fingerprint density at radius 2 is 1.80 bits per heavy atom. The molecule has 0 aromatic heterocycles. The third kappa shape index (κ3) is 1.34. The summed E-state index contributed by atoms with van der Waals surface area (Å²) in [6.07, 6.45) is 1.34. The Kier molecular flexibility index (Phi) is 1.76. The van der Waals surface area contributed by atoms with Gasteiger partial charge in [0.15, 0.2) is 0 Å². The Morgan fingerprint density at radius 3 is 1.90 bits per heavy atom. The zero-order chi connectivity index (χ0) is 7.78. The number of hydrogen-bond acceptors (Lipinski definition) is 1. The molecule has 1 rings (SSSR count). The van der Waals surface area contributed by atoms with E-state index in [-0.39, 0.29) is 5.41 Å². The molecule has 0 N–H and O–H groups in total. The smallest absolute Gasteiger partial charge is 0.0191 e. The molecule has 1 fully saturated rings. The van der Waals surface area contributed by atoms with Gasteiger partial charge in [0.1, 0.15) is 0 Å². The first kappa shape index (κ1) is 7.64. The van der Waals surface area contributed by atoms with Crippen LogP contribution in [-0.2, 0) is 0 Å². The summed E-state index contributed by atoms with van der Waals surface area (Å²) in [6, 6.07) is 0. The maximum absolute atomic E-state index is 4.07. The van der Waals surface area contributed by atoms with Crippen molar-refractivity contribution >= 4 is 0 Å². The lowest BCUT2D eigenvalue weighted by Crippen LogP contribution is -2.39. The highest BCUT2D eigenvalue weighted by Gasteiger charge is 2.24. The second-order valence-corrected chi connectivity index (χ2v) is 4.04. The van der Waals surface area contributed by atoms with E-state index in [1.54, 1.807) is 0 Å². The van der Waals surface area contributed by atoms with E-state index < -0.39 is 0 Å². The molecule has 0 atom stereocenters. The van der Waals surface area contributed by atoms with Gasteiger partial charge in [-0.2, -0.15) is 0 Å². The number of likely N-dealkylation sites (tertiary alicyclic amines) is 1. The van der Waals surface area contributed by atoms with E-state index in [9.17, 15) is 0 Å². The number of allylic oxidation sites excluding steroid dienone is 1. The zero-order valence-electron chi connectivity index (χ0n) is 7.28. The molecule has 1 heterocycles. The van der Waals surface area contributed by atoms with Gasteiger partial charge in [0, 0.05) is 24.2 Å². The molecular formula is C9H17N. The van der Waals surface area contributed by atoms with Crippen LogP contribution in [0.15, 0.2) is 12.3 Å². The van der Waals surface area contributed by atoms with Crippen LogP contribution in [0.25, 0.3) is 0 Å². The SMILES string of the molecule is C=C(N1CCC1)C(C)(C)C. The van der Waals surface area contributed by atoms with Gasteiger partial charge in [-0.05, 0) is 6.42 Å². The van der Waals surface area contributed by atoms with E-state index in [0.717, 1.165) is 0 Å². The molecule has 0 saturated carbocycles. The fraction of sp³-hybridized carbons (Fsp3) is 0.778. The quantitative estimate of drug-likeness (QED) is 0.538. The monoisotopic (exact) mass is 139 g/mol. The van der Waals surface area contributed by atoms with Crippen molar-refractivity contribution < 1.29 is 0 Å². The standard InChI is InChI=1S/C9H17N/c1-8(9(2,3)4)10-6-5-7-10/h1,5-7H2,2-4H3. The fourth-order valence-electron chi connectivity index (χ4n) is 1.06. The van der Waals surface area contributed by atoms with E-state index in [1.165, 1.54) is 25.2 Å². The first-order chi connectivity index (χ1) is 4.52. The number of rotatable bonds is 1. The van der Waals surface area contributed by atoms with Crippen molar-refractivity contribution in [3.63, 3.8) is 0 Å². The minimum Gasteiger partial charge on any atom is -0.375 e. The van der Waals surface area contributed by atoms with Gasteiger partial charge < -0.3 is 4.90 Å². The van der Waals surface area contributed by atoms with Gasteiger partial charge in [0.25, 0.3) is 0 Å². The highest BCUT2D eigenvalue weighted by Crippen LogP contribution is 2.29. The van der Waals surface area contributed by atoms with Crippen LogP contribution in [0.3, 0.4) is 0 Å². The lowest BCUT2D eigenvalue weighted by molar-refractivity contribution is 0.191. The van der Waals surface area contributed by atoms with E-state index in [4.69, 9.17) is 0 Å². The summed E-state index contributed by atoms with van der Waals surface area (Å²) in [7, 11) is 0. The van der Waals surface area contributed by atoms with Crippen molar-refractivity contribution in [1.29, 1.82) is 0 Å². The average molecular weight is 139 g/mol. The molecule has 0 spiro atoms. The predicted octanol–water partition coefficient (Wildman–Crippen LogP) is 2.25. The Balaban J connectivity index is 2.48. The summed E-state index contributed by atoms with van der Waals surface area (Å²) in [4.78, 5) is 2.36. The van der Waals surface area contributed by atoms with E-state index in [1.807, 2.05) is 0 Å². The van der Waals surface area contributed by atoms with E-state index in [2.05, 4.69) is 32.3 Å². The molecule has 0 aliphatic carbocycles. The lowest BCUT2D eigenvalue weighted by Gasteiger charge is -2.40. The molecule has 10 heavy (non-hydrogen) atoms. The van der Waals surface area contributed by atoms with Crippen molar-refractivity contribution in [2.75, 3.05) is 13.1 Å². The third-order valence-electron chi connectivity index (χ3n) is 2.10. The van der Waals surface area contributed by atoms with Gasteiger partial charge in [-0.3, -0.25) is 0 Å². The Hall–Kier alpha value is -0.460. The number of nitrogens with zero attached hydrogens (tertiary/aromatic N) is 1. The summed E-state index contributed by atoms with van der Waals surface area (Å²) in [6.45, 7) is 13.2. The van der Waals surface area contributed by atoms with Crippen molar-refractivity contribution in [2.45, 2.75) is 27.2 Å². The van der Waals surface area contributed by atoms with Gasteiger partial charge in [0.05, 0.1) is 0 Å². The molecule has 1 nitrogen and oxygen atoms in total. The molecular weight excluding hydrogens is 122 g/mol. The van der Waals surface area contributed by atoms with E-state index in [0.29, 0.717) is 0 Å². The minimum absolute atomic E-state index is 0.264. The van der Waals surface area contributed by atoms with Crippen LogP contribution >= 0.6 is 0 Å². The Morgan fingerprint density at radius 1 is 1.30 bits per heavy atom. The van der Waals surface area contributed by atoms with Crippen LogP contribution in [0.5, 0.6) is 0 Å². The summed E-state index contributed by atoms with van der Waals surface area (Å²) in [5.41, 5.74) is 1.55. The van der Waals surface area contributed by atoms with Crippen molar-refractivity contribution in [2.24, 2.45) is 5.41 Å². The second-order valence-electron chi connectivity index (χ2n) is 4.04. The van der Waals surface area contributed by atoms with Crippen LogP contribution in [0.2, 0.25) is 0 Å². The van der Waals surface area contributed by atoms with Crippen LogP contribution < -0.4 is 0 Å². The molecule has 0 aromatic rings. The van der Waals surface area contributed by atoms with Gasteiger partial charge >= 0.3 is 0 Å². The molecule has 0 aromatic carbocycles. The lowest BCUT2D eigenvalue weighted by atomic mass is 9.90. The Bertz CT molecular complexity index is 137. The molecule has 0 radical (unpaired) electrons. The fourth-order valence-corrected chi connectivity index (χ4v) is 1.06. The van der Waals surface area contributed by atoms with E-state index >= 15 is 0 Å². The normalized spacial score (nSPS) is 18.5. The first-order valence-electron chi connectivity index (χ1n) is 3.96. The zero-order valence-corrected chi connectivity index (χ0v) is 7.28. The predicted molar refractivity (Wildman–Crippen MR) is 44.8 cm³/mol. The highest BCUT2D eigenvalue weighted by atomic mass is 15.2. The van der Waals surface area contributed by atoms with Crippen LogP contribution in [0.1, 0.15) is 27.2 Å². The molecule has 1 heteroatoms. The number of hydrogen-bond donors (Lipinski definition) is 0. The molecule has 0 bridgehead atoms. The van der Waals surface area contributed by atoms with Crippen LogP contribution in [-0.4, -0.2) is 18.0 Å². The van der Waals surface area contributed by atoms with Crippen molar-refractivity contribution in [3.05, 3.63) is 12.3 Å². The largest absolute Gasteiger partial charge is 0.375 e. The minimum atomic E-state index is 0.264. The summed E-state index contributed by atoms with van der Waals surface area (Å²) in [5, 5.41) is 0. The second kappa shape index (κ2) is 2.30. The van der Waals surface area contributed by atoms with Crippen molar-refractivity contribution in [1.82, 2.24) is 4.90 Å². The molecule has 1 aliphatic heterocycles. The van der Waals surface area contributed by atoms with Gasteiger partial charge in [-0.15, -0.1) is 0 Å². The maximum Gasteiger partial charge on any atom is 0.0191 e. The summed E-state index contributed by atoms with van der Waals surface area (Å²) in [5.74, 6) is 0. The Labute approximate surface area is 63.7 Å².